The maximum atomic E-state index is 11.7. The zero-order valence-electron chi connectivity index (χ0n) is 10.7. The topological polar surface area (TPSA) is 76.7 Å². The van der Waals surface area contributed by atoms with Gasteiger partial charge in [-0.15, -0.1) is 5.10 Å². The molecule has 3 rings (SSSR count). The molecule has 19 heavy (non-hydrogen) atoms. The van der Waals surface area contributed by atoms with Crippen molar-refractivity contribution in [3.05, 3.63) is 40.3 Å². The zero-order chi connectivity index (χ0) is 13.4. The van der Waals surface area contributed by atoms with Crippen LogP contribution in [0.15, 0.2) is 39.1 Å². The Bertz CT molecular complexity index is 625. The monoisotopic (exact) mass is 276 g/mol. The van der Waals surface area contributed by atoms with Crippen LogP contribution in [-0.2, 0) is 0 Å². The van der Waals surface area contributed by atoms with E-state index in [0.717, 1.165) is 28.5 Å². The Kier molecular flexibility index (Phi) is 3.20. The summed E-state index contributed by atoms with van der Waals surface area (Å²) in [6.07, 6.45) is 2.13. The lowest BCUT2D eigenvalue weighted by molar-refractivity contribution is 0.642. The van der Waals surface area contributed by atoms with Gasteiger partial charge < -0.3 is 5.73 Å². The van der Waals surface area contributed by atoms with E-state index in [1.165, 1.54) is 11.8 Å². The number of nitrogens with two attached hydrogens (primary N) is 1. The molecule has 0 spiro atoms. The van der Waals surface area contributed by atoms with Crippen LogP contribution in [0, 0.1) is 0 Å². The van der Waals surface area contributed by atoms with Crippen LogP contribution in [0.1, 0.15) is 37.4 Å². The summed E-state index contributed by atoms with van der Waals surface area (Å²) in [5, 5.41) is 7.36. The molecule has 100 valence electrons. The van der Waals surface area contributed by atoms with E-state index in [0.29, 0.717) is 6.04 Å². The molecule has 0 aliphatic heterocycles. The van der Waals surface area contributed by atoms with E-state index in [4.69, 9.17) is 5.73 Å². The molecule has 1 unspecified atom stereocenters. The number of rotatable bonds is 4. The first-order chi connectivity index (χ1) is 9.15. The van der Waals surface area contributed by atoms with Crippen LogP contribution in [0.5, 0.6) is 0 Å². The molecule has 5 nitrogen and oxygen atoms in total. The molecule has 1 saturated carbocycles. The largest absolute Gasteiger partial charge is 0.344 e. The van der Waals surface area contributed by atoms with Crippen molar-refractivity contribution in [3.8, 4) is 0 Å². The number of benzene rings is 1. The Labute approximate surface area is 115 Å². The summed E-state index contributed by atoms with van der Waals surface area (Å²) in [5.41, 5.74) is 6.81. The first kappa shape index (κ1) is 12.5. The molecule has 1 heterocycles. The smallest absolute Gasteiger partial charge is 0.324 e. The summed E-state index contributed by atoms with van der Waals surface area (Å²) < 4.78 is 1.75. The van der Waals surface area contributed by atoms with Crippen molar-refractivity contribution >= 4 is 11.8 Å². The van der Waals surface area contributed by atoms with Gasteiger partial charge >= 0.3 is 5.69 Å². The predicted octanol–water partition coefficient (Wildman–Crippen LogP) is 2.08. The summed E-state index contributed by atoms with van der Waals surface area (Å²) in [4.78, 5) is 12.7. The standard InChI is InChI=1S/C13H16N4OS/c1-8(14)9-2-6-11(7-3-9)19-13-16-15-12(18)17(13)10-4-5-10/h2-3,6-8,10H,4-5,14H2,1H3,(H,15,18). The molecular weight excluding hydrogens is 260 g/mol. The van der Waals surface area contributed by atoms with E-state index in [2.05, 4.69) is 10.2 Å². The summed E-state index contributed by atoms with van der Waals surface area (Å²) in [6.45, 7) is 1.96. The second kappa shape index (κ2) is 4.86. The quantitative estimate of drug-likeness (QED) is 0.896. The lowest BCUT2D eigenvalue weighted by Crippen LogP contribution is -2.15. The molecule has 1 aliphatic rings. The maximum Gasteiger partial charge on any atom is 0.344 e. The van der Waals surface area contributed by atoms with Gasteiger partial charge in [0.1, 0.15) is 0 Å². The van der Waals surface area contributed by atoms with E-state index in [-0.39, 0.29) is 11.7 Å². The Morgan fingerprint density at radius 2 is 2.11 bits per heavy atom. The molecule has 6 heteroatoms. The van der Waals surface area contributed by atoms with Crippen molar-refractivity contribution < 1.29 is 0 Å². The van der Waals surface area contributed by atoms with Crippen molar-refractivity contribution in [2.24, 2.45) is 5.73 Å². The van der Waals surface area contributed by atoms with Crippen LogP contribution >= 0.6 is 11.8 Å². The molecule has 1 fully saturated rings. The third-order valence-electron chi connectivity index (χ3n) is 3.20. The first-order valence-electron chi connectivity index (χ1n) is 6.35. The third kappa shape index (κ3) is 2.59. The Morgan fingerprint density at radius 1 is 1.42 bits per heavy atom. The molecule has 1 aromatic carbocycles. The second-order valence-electron chi connectivity index (χ2n) is 4.87. The second-order valence-corrected chi connectivity index (χ2v) is 5.91. The highest BCUT2D eigenvalue weighted by Gasteiger charge is 2.28. The van der Waals surface area contributed by atoms with Crippen LogP contribution < -0.4 is 11.4 Å². The molecule has 2 aromatic rings. The van der Waals surface area contributed by atoms with E-state index in [9.17, 15) is 4.79 Å². The minimum Gasteiger partial charge on any atom is -0.324 e. The summed E-state index contributed by atoms with van der Waals surface area (Å²) in [7, 11) is 0. The van der Waals surface area contributed by atoms with Gasteiger partial charge in [-0.25, -0.2) is 9.89 Å². The van der Waals surface area contributed by atoms with Crippen molar-refractivity contribution in [3.63, 3.8) is 0 Å². The number of H-pyrrole nitrogens is 1. The van der Waals surface area contributed by atoms with Crippen LogP contribution in [-0.4, -0.2) is 14.8 Å². The maximum absolute atomic E-state index is 11.7. The van der Waals surface area contributed by atoms with E-state index >= 15 is 0 Å². The molecule has 0 radical (unpaired) electrons. The van der Waals surface area contributed by atoms with Crippen molar-refractivity contribution in [2.45, 2.75) is 41.9 Å². The Hall–Kier alpha value is -1.53. The fourth-order valence-electron chi connectivity index (χ4n) is 1.96. The van der Waals surface area contributed by atoms with Crippen LogP contribution in [0.2, 0.25) is 0 Å². The number of hydrogen-bond donors (Lipinski definition) is 2. The van der Waals surface area contributed by atoms with Gasteiger partial charge in [-0.3, -0.25) is 4.57 Å². The van der Waals surface area contributed by atoms with Gasteiger partial charge in [0, 0.05) is 17.0 Å². The minimum atomic E-state index is -0.114. The number of hydrogen-bond acceptors (Lipinski definition) is 4. The summed E-state index contributed by atoms with van der Waals surface area (Å²) in [6, 6.07) is 8.42. The Balaban J connectivity index is 1.83. The minimum absolute atomic E-state index is 0.0362. The SMILES string of the molecule is CC(N)c1ccc(Sc2n[nH]c(=O)n2C2CC2)cc1. The van der Waals surface area contributed by atoms with Gasteiger partial charge in [0.2, 0.25) is 0 Å². The first-order valence-corrected chi connectivity index (χ1v) is 7.17. The summed E-state index contributed by atoms with van der Waals surface area (Å²) in [5.74, 6) is 0. The van der Waals surface area contributed by atoms with Gasteiger partial charge in [-0.1, -0.05) is 12.1 Å². The van der Waals surface area contributed by atoms with E-state index < -0.39 is 0 Å². The Morgan fingerprint density at radius 3 is 2.68 bits per heavy atom. The number of aromatic amines is 1. The fraction of sp³-hybridized carbons (Fsp3) is 0.385. The average Bonchev–Trinajstić information content (AvgIpc) is 3.16. The molecule has 1 aliphatic carbocycles. The van der Waals surface area contributed by atoms with Gasteiger partial charge in [0.05, 0.1) is 0 Å². The van der Waals surface area contributed by atoms with Gasteiger partial charge in [0.25, 0.3) is 0 Å². The molecule has 0 bridgehead atoms. The molecule has 1 aromatic heterocycles. The fourth-order valence-corrected chi connectivity index (χ4v) is 2.87. The third-order valence-corrected chi connectivity index (χ3v) is 4.18. The highest BCUT2D eigenvalue weighted by Crippen LogP contribution is 2.37. The van der Waals surface area contributed by atoms with Gasteiger partial charge in [-0.2, -0.15) is 0 Å². The number of aromatic nitrogens is 3. The van der Waals surface area contributed by atoms with Crippen LogP contribution in [0.4, 0.5) is 0 Å². The van der Waals surface area contributed by atoms with Gasteiger partial charge in [-0.05, 0) is 49.2 Å². The highest BCUT2D eigenvalue weighted by atomic mass is 32.2. The normalized spacial score (nSPS) is 16.5. The van der Waals surface area contributed by atoms with Crippen LogP contribution in [0.3, 0.4) is 0 Å². The molecule has 0 saturated heterocycles. The lowest BCUT2D eigenvalue weighted by Gasteiger charge is -2.07. The van der Waals surface area contributed by atoms with Crippen molar-refractivity contribution in [1.82, 2.24) is 14.8 Å². The summed E-state index contributed by atoms with van der Waals surface area (Å²) >= 11 is 1.50. The number of nitrogens with zero attached hydrogens (tertiary/aromatic N) is 2. The average molecular weight is 276 g/mol. The molecular formula is C13H16N4OS. The van der Waals surface area contributed by atoms with Crippen LogP contribution in [0.25, 0.3) is 0 Å². The highest BCUT2D eigenvalue weighted by molar-refractivity contribution is 7.99. The zero-order valence-corrected chi connectivity index (χ0v) is 11.5. The van der Waals surface area contributed by atoms with Crippen molar-refractivity contribution in [1.29, 1.82) is 0 Å². The van der Waals surface area contributed by atoms with E-state index in [1.54, 1.807) is 4.57 Å². The lowest BCUT2D eigenvalue weighted by atomic mass is 10.1. The molecule has 0 amide bonds. The van der Waals surface area contributed by atoms with Crippen molar-refractivity contribution in [2.75, 3.05) is 0 Å². The predicted molar refractivity (Wildman–Crippen MR) is 74.3 cm³/mol. The molecule has 3 N–H and O–H groups in total. The van der Waals surface area contributed by atoms with E-state index in [1.807, 2.05) is 31.2 Å². The number of nitrogens with one attached hydrogen (secondary N) is 1. The molecule has 1 atom stereocenters. The van der Waals surface area contributed by atoms with Gasteiger partial charge in [0.15, 0.2) is 5.16 Å².